The quantitative estimate of drug-likeness (QED) is 0.434. The van der Waals surface area contributed by atoms with Crippen LogP contribution in [0.2, 0.25) is 0 Å². The third kappa shape index (κ3) is 3.35. The molecule has 0 atom stereocenters. The van der Waals surface area contributed by atoms with E-state index in [-0.39, 0.29) is 16.1 Å². The molecular weight excluding hydrogens is 306 g/mol. The molecule has 2 aromatic carbocycles. The minimum absolute atomic E-state index is 0.0751. The predicted octanol–water partition coefficient (Wildman–Crippen LogP) is 1.10. The molecule has 2 rings (SSSR count). The highest BCUT2D eigenvalue weighted by molar-refractivity contribution is 7.92. The van der Waals surface area contributed by atoms with Gasteiger partial charge in [-0.3, -0.25) is 14.9 Å². The average molecular weight is 321 g/mol. The molecule has 0 unspecified atom stereocenters. The van der Waals surface area contributed by atoms with Crippen molar-refractivity contribution in [1.29, 1.82) is 0 Å². The Morgan fingerprint density at radius 3 is 2.41 bits per heavy atom. The van der Waals surface area contributed by atoms with Gasteiger partial charge >= 0.3 is 0 Å². The van der Waals surface area contributed by atoms with Gasteiger partial charge in [-0.15, -0.1) is 0 Å². The first-order chi connectivity index (χ1) is 10.5. The molecule has 0 aliphatic carbocycles. The average Bonchev–Trinajstić information content (AvgIpc) is 2.54. The first kappa shape index (κ1) is 15.8. The number of nitrogens with two attached hydrogens (primary N) is 1. The van der Waals surface area contributed by atoms with Gasteiger partial charge in [0, 0.05) is 6.07 Å². The molecule has 0 aliphatic heterocycles. The number of nitrogens with one attached hydrogen (secondary N) is 2. The van der Waals surface area contributed by atoms with Crippen molar-refractivity contribution in [3.05, 3.63) is 54.1 Å². The lowest BCUT2D eigenvalue weighted by atomic mass is 10.1. The zero-order valence-electron chi connectivity index (χ0n) is 11.7. The molecule has 0 radical (unpaired) electrons. The topological polar surface area (TPSA) is 111 Å². The van der Waals surface area contributed by atoms with Gasteiger partial charge in [0.25, 0.3) is 15.9 Å². The maximum atomic E-state index is 12.3. The summed E-state index contributed by atoms with van der Waals surface area (Å²) in [5.41, 5.74) is 2.13. The second-order valence-corrected chi connectivity index (χ2v) is 5.99. The first-order valence-electron chi connectivity index (χ1n) is 6.25. The van der Waals surface area contributed by atoms with E-state index >= 15 is 0 Å². The highest BCUT2D eigenvalue weighted by atomic mass is 32.2. The molecule has 4 N–H and O–H groups in total. The molecule has 1 amide bonds. The molecule has 22 heavy (non-hydrogen) atoms. The lowest BCUT2D eigenvalue weighted by Gasteiger charge is -2.13. The zero-order chi connectivity index (χ0) is 16.2. The number of hydrazine groups is 1. The van der Waals surface area contributed by atoms with Crippen molar-refractivity contribution < 1.29 is 17.9 Å². The Morgan fingerprint density at radius 1 is 1.14 bits per heavy atom. The standard InChI is InChI=1S/C14H15N3O4S/c1-21-10-7-8-12(14(18)16-15)13(9-10)17-22(19,20)11-5-3-2-4-6-11/h2-9,17H,15H2,1H3,(H,16,18). The van der Waals surface area contributed by atoms with Crippen LogP contribution in [0.3, 0.4) is 0 Å². The fraction of sp³-hybridized carbons (Fsp3) is 0.0714. The highest BCUT2D eigenvalue weighted by Gasteiger charge is 2.19. The fourth-order valence-corrected chi connectivity index (χ4v) is 2.91. The van der Waals surface area contributed by atoms with E-state index in [1.54, 1.807) is 18.2 Å². The van der Waals surface area contributed by atoms with Crippen molar-refractivity contribution in [2.24, 2.45) is 5.84 Å². The van der Waals surface area contributed by atoms with E-state index in [1.807, 2.05) is 5.43 Å². The van der Waals surface area contributed by atoms with Crippen LogP contribution in [0.5, 0.6) is 5.75 Å². The summed E-state index contributed by atoms with van der Waals surface area (Å²) in [5, 5.41) is 0. The zero-order valence-corrected chi connectivity index (χ0v) is 12.6. The van der Waals surface area contributed by atoms with E-state index in [1.165, 1.54) is 37.4 Å². The lowest BCUT2D eigenvalue weighted by molar-refractivity contribution is 0.0954. The summed E-state index contributed by atoms with van der Waals surface area (Å²) < 4.78 is 32.1. The molecule has 0 saturated heterocycles. The lowest BCUT2D eigenvalue weighted by Crippen LogP contribution is -2.31. The van der Waals surface area contributed by atoms with Crippen molar-refractivity contribution in [2.45, 2.75) is 4.90 Å². The Kier molecular flexibility index (Phi) is 4.64. The number of carbonyl (C=O) groups excluding carboxylic acids is 1. The summed E-state index contributed by atoms with van der Waals surface area (Å²) in [4.78, 5) is 11.8. The molecule has 8 heteroatoms. The second-order valence-electron chi connectivity index (χ2n) is 4.30. The third-order valence-electron chi connectivity index (χ3n) is 2.90. The van der Waals surface area contributed by atoms with Gasteiger partial charge in [-0.05, 0) is 24.3 Å². The molecular formula is C14H15N3O4S. The summed E-state index contributed by atoms with van der Waals surface area (Å²) in [5.74, 6) is 4.90. The van der Waals surface area contributed by atoms with Crippen LogP contribution in [0.25, 0.3) is 0 Å². The Hall–Kier alpha value is -2.58. The van der Waals surface area contributed by atoms with Gasteiger partial charge in [-0.25, -0.2) is 14.3 Å². The Bertz CT molecular complexity index is 776. The van der Waals surface area contributed by atoms with Crippen LogP contribution in [0.15, 0.2) is 53.4 Å². The third-order valence-corrected chi connectivity index (χ3v) is 4.28. The van der Waals surface area contributed by atoms with Gasteiger partial charge in [0.15, 0.2) is 0 Å². The van der Waals surface area contributed by atoms with Crippen LogP contribution in [-0.4, -0.2) is 21.4 Å². The van der Waals surface area contributed by atoms with Crippen molar-refractivity contribution in [3.63, 3.8) is 0 Å². The van der Waals surface area contributed by atoms with Gasteiger partial charge in [-0.2, -0.15) is 0 Å². The van der Waals surface area contributed by atoms with E-state index in [0.29, 0.717) is 5.75 Å². The number of hydrogen-bond acceptors (Lipinski definition) is 5. The van der Waals surface area contributed by atoms with E-state index < -0.39 is 15.9 Å². The monoisotopic (exact) mass is 321 g/mol. The number of hydrogen-bond donors (Lipinski definition) is 3. The number of anilines is 1. The summed E-state index contributed by atoms with van der Waals surface area (Å²) in [6.07, 6.45) is 0. The Morgan fingerprint density at radius 2 is 1.82 bits per heavy atom. The maximum Gasteiger partial charge on any atom is 0.267 e. The number of methoxy groups -OCH3 is 1. The van der Waals surface area contributed by atoms with Crippen molar-refractivity contribution >= 4 is 21.6 Å². The summed E-state index contributed by atoms with van der Waals surface area (Å²) >= 11 is 0. The number of sulfonamides is 1. The number of carbonyl (C=O) groups is 1. The van der Waals surface area contributed by atoms with Crippen LogP contribution in [-0.2, 0) is 10.0 Å². The number of benzene rings is 2. The molecule has 0 aliphatic rings. The predicted molar refractivity (Wildman–Crippen MR) is 81.9 cm³/mol. The van der Waals surface area contributed by atoms with Crippen LogP contribution in [0, 0.1) is 0 Å². The summed E-state index contributed by atoms with van der Waals surface area (Å²) in [6, 6.07) is 12.2. The van der Waals surface area contributed by atoms with Gasteiger partial charge in [0.05, 0.1) is 23.3 Å². The van der Waals surface area contributed by atoms with Gasteiger partial charge in [-0.1, -0.05) is 18.2 Å². The largest absolute Gasteiger partial charge is 0.497 e. The summed E-state index contributed by atoms with van der Waals surface area (Å²) in [6.45, 7) is 0. The molecule has 0 fully saturated rings. The van der Waals surface area contributed by atoms with Crippen LogP contribution >= 0.6 is 0 Å². The minimum Gasteiger partial charge on any atom is -0.497 e. The Balaban J connectivity index is 2.45. The van der Waals surface area contributed by atoms with Crippen LogP contribution in [0.4, 0.5) is 5.69 Å². The van der Waals surface area contributed by atoms with Crippen molar-refractivity contribution in [1.82, 2.24) is 5.43 Å². The van der Waals surface area contributed by atoms with Gasteiger partial charge in [0.1, 0.15) is 5.75 Å². The maximum absolute atomic E-state index is 12.3. The van der Waals surface area contributed by atoms with Crippen molar-refractivity contribution in [3.8, 4) is 5.75 Å². The van der Waals surface area contributed by atoms with Crippen LogP contribution < -0.4 is 20.7 Å². The van der Waals surface area contributed by atoms with Gasteiger partial charge < -0.3 is 4.74 Å². The van der Waals surface area contributed by atoms with E-state index in [0.717, 1.165) is 0 Å². The molecule has 0 heterocycles. The normalized spacial score (nSPS) is 10.8. The number of ether oxygens (including phenoxy) is 1. The molecule has 0 aromatic heterocycles. The fourth-order valence-electron chi connectivity index (χ4n) is 1.81. The van der Waals surface area contributed by atoms with Crippen LogP contribution in [0.1, 0.15) is 10.4 Å². The minimum atomic E-state index is -3.83. The second kappa shape index (κ2) is 6.46. The molecule has 0 bridgehead atoms. The number of amides is 1. The highest BCUT2D eigenvalue weighted by Crippen LogP contribution is 2.25. The Labute approximate surface area is 128 Å². The van der Waals surface area contributed by atoms with Gasteiger partial charge in [0.2, 0.25) is 0 Å². The smallest absolute Gasteiger partial charge is 0.267 e. The van der Waals surface area contributed by atoms with E-state index in [4.69, 9.17) is 10.6 Å². The summed E-state index contributed by atoms with van der Waals surface area (Å²) in [7, 11) is -2.39. The molecule has 2 aromatic rings. The molecule has 7 nitrogen and oxygen atoms in total. The number of nitrogen functional groups attached to an aromatic ring is 1. The SMILES string of the molecule is COc1ccc(C(=O)NN)c(NS(=O)(=O)c2ccccc2)c1. The van der Waals surface area contributed by atoms with E-state index in [2.05, 4.69) is 4.72 Å². The molecule has 0 saturated carbocycles. The van der Waals surface area contributed by atoms with Crippen molar-refractivity contribution in [2.75, 3.05) is 11.8 Å². The molecule has 116 valence electrons. The van der Waals surface area contributed by atoms with E-state index in [9.17, 15) is 13.2 Å². The molecule has 0 spiro atoms. The first-order valence-corrected chi connectivity index (χ1v) is 7.73. The number of rotatable bonds is 5.